The van der Waals surface area contributed by atoms with Crippen LogP contribution in [0.4, 0.5) is 0 Å². The summed E-state index contributed by atoms with van der Waals surface area (Å²) in [5, 5.41) is 13.2. The quantitative estimate of drug-likeness (QED) is 0.562. The Morgan fingerprint density at radius 2 is 1.68 bits per heavy atom. The molecule has 1 heterocycles. The Morgan fingerprint density at radius 1 is 1.09 bits per heavy atom. The minimum absolute atomic E-state index is 0.151. The zero-order chi connectivity index (χ0) is 16.4. The Bertz CT molecular complexity index is 306. The predicted molar refractivity (Wildman–Crippen MR) is 93.0 cm³/mol. The Kier molecular flexibility index (Phi) is 9.98. The van der Waals surface area contributed by atoms with Crippen LogP contribution >= 0.6 is 0 Å². The number of rotatable bonds is 11. The number of nitrogens with one attached hydrogen (secondary N) is 1. The van der Waals surface area contributed by atoms with Crippen molar-refractivity contribution >= 4 is 5.78 Å². The maximum Gasteiger partial charge on any atom is 0.132 e. The van der Waals surface area contributed by atoms with Crippen molar-refractivity contribution in [3.8, 4) is 0 Å². The van der Waals surface area contributed by atoms with Crippen LogP contribution in [0.3, 0.4) is 0 Å². The summed E-state index contributed by atoms with van der Waals surface area (Å²) in [7, 11) is 0. The lowest BCUT2D eigenvalue weighted by Crippen LogP contribution is -2.48. The largest absolute Gasteiger partial charge is 0.392 e. The minimum atomic E-state index is -0.151. The monoisotopic (exact) mass is 311 g/mol. The molecular weight excluding hydrogens is 274 g/mol. The summed E-state index contributed by atoms with van der Waals surface area (Å²) in [6.45, 7) is 5.83. The van der Waals surface area contributed by atoms with E-state index in [0.29, 0.717) is 11.8 Å². The van der Waals surface area contributed by atoms with Crippen molar-refractivity contribution in [2.24, 2.45) is 5.92 Å². The maximum absolute atomic E-state index is 11.1. The number of carbonyl (C=O) groups is 1. The number of unbranched alkanes of at least 4 members (excludes halogenated alkanes) is 6. The Labute approximate surface area is 137 Å². The van der Waals surface area contributed by atoms with Gasteiger partial charge in [0, 0.05) is 18.0 Å². The second-order valence-corrected chi connectivity index (χ2v) is 7.36. The predicted octanol–water partition coefficient (Wildman–Crippen LogP) is 4.22. The first-order valence-electron chi connectivity index (χ1n) is 9.45. The van der Waals surface area contributed by atoms with Crippen molar-refractivity contribution in [1.82, 2.24) is 5.32 Å². The van der Waals surface area contributed by atoms with Gasteiger partial charge in [0.1, 0.15) is 5.78 Å². The van der Waals surface area contributed by atoms with E-state index in [-0.39, 0.29) is 18.1 Å². The van der Waals surface area contributed by atoms with Crippen LogP contribution in [-0.4, -0.2) is 29.1 Å². The van der Waals surface area contributed by atoms with Gasteiger partial charge in [-0.3, -0.25) is 4.79 Å². The average molecular weight is 312 g/mol. The summed E-state index contributed by atoms with van der Waals surface area (Å²) in [5.74, 6) is 0.585. The van der Waals surface area contributed by atoms with Crippen molar-refractivity contribution in [1.29, 1.82) is 0 Å². The number of hydrogen-bond donors (Lipinski definition) is 2. The summed E-state index contributed by atoms with van der Waals surface area (Å²) in [6, 6.07) is 0.877. The Hall–Kier alpha value is -0.410. The SMILES string of the molecule is CC(=O)[C@@H](C)CCCCCCCCC[C@@H]1CC[C@H](O)[C@H](C)N1. The molecule has 2 N–H and O–H groups in total. The number of carbonyl (C=O) groups excluding carboxylic acids is 1. The lowest BCUT2D eigenvalue weighted by Gasteiger charge is -2.32. The molecule has 0 aromatic rings. The van der Waals surface area contributed by atoms with Gasteiger partial charge >= 0.3 is 0 Å². The van der Waals surface area contributed by atoms with E-state index in [4.69, 9.17) is 0 Å². The highest BCUT2D eigenvalue weighted by Crippen LogP contribution is 2.19. The number of Topliss-reactive ketones (excluding diaryl/α,β-unsaturated/α-hetero) is 1. The highest BCUT2D eigenvalue weighted by molar-refractivity contribution is 5.77. The normalized spacial score (nSPS) is 26.8. The zero-order valence-corrected chi connectivity index (χ0v) is 14.9. The van der Waals surface area contributed by atoms with Crippen LogP contribution in [0.1, 0.15) is 91.4 Å². The van der Waals surface area contributed by atoms with Crippen LogP contribution in [0.5, 0.6) is 0 Å². The Balaban J connectivity index is 1.87. The van der Waals surface area contributed by atoms with Crippen LogP contribution in [0.15, 0.2) is 0 Å². The number of ketones is 1. The molecule has 0 bridgehead atoms. The summed E-state index contributed by atoms with van der Waals surface area (Å²) < 4.78 is 0. The van der Waals surface area contributed by atoms with Gasteiger partial charge in [-0.15, -0.1) is 0 Å². The molecule has 0 aromatic heterocycles. The van der Waals surface area contributed by atoms with E-state index in [0.717, 1.165) is 19.3 Å². The molecule has 0 spiro atoms. The molecule has 130 valence electrons. The van der Waals surface area contributed by atoms with E-state index < -0.39 is 0 Å². The molecule has 0 aromatic carbocycles. The smallest absolute Gasteiger partial charge is 0.132 e. The van der Waals surface area contributed by atoms with Gasteiger partial charge in [0.05, 0.1) is 6.10 Å². The molecule has 0 aliphatic carbocycles. The zero-order valence-electron chi connectivity index (χ0n) is 14.9. The van der Waals surface area contributed by atoms with E-state index in [9.17, 15) is 9.90 Å². The third-order valence-corrected chi connectivity index (χ3v) is 5.27. The third kappa shape index (κ3) is 8.28. The van der Waals surface area contributed by atoms with Crippen LogP contribution in [0.25, 0.3) is 0 Å². The van der Waals surface area contributed by atoms with Crippen LogP contribution in [-0.2, 0) is 4.79 Å². The van der Waals surface area contributed by atoms with Gasteiger partial charge in [0.25, 0.3) is 0 Å². The molecule has 0 amide bonds. The third-order valence-electron chi connectivity index (χ3n) is 5.27. The van der Waals surface area contributed by atoms with Gasteiger partial charge in [-0.25, -0.2) is 0 Å². The number of hydrogen-bond acceptors (Lipinski definition) is 3. The number of aliphatic hydroxyl groups is 1. The molecular formula is C19H37NO2. The number of piperidine rings is 1. The van der Waals surface area contributed by atoms with E-state index in [1.807, 2.05) is 6.92 Å². The fraction of sp³-hybridized carbons (Fsp3) is 0.947. The molecule has 1 aliphatic heterocycles. The lowest BCUT2D eigenvalue weighted by atomic mass is 9.93. The van der Waals surface area contributed by atoms with Crippen molar-refractivity contribution < 1.29 is 9.90 Å². The first-order chi connectivity index (χ1) is 10.5. The van der Waals surface area contributed by atoms with Crippen LogP contribution < -0.4 is 5.32 Å². The van der Waals surface area contributed by atoms with Crippen molar-refractivity contribution in [3.05, 3.63) is 0 Å². The molecule has 0 unspecified atom stereocenters. The molecule has 1 rings (SSSR count). The number of aliphatic hydroxyl groups excluding tert-OH is 1. The van der Waals surface area contributed by atoms with Gasteiger partial charge in [-0.1, -0.05) is 51.9 Å². The standard InChI is InChI=1S/C19H37NO2/c1-15(17(3)21)11-9-7-5-4-6-8-10-12-18-13-14-19(22)16(2)20-18/h15-16,18-20,22H,4-14H2,1-3H3/t15-,16-,18+,19-/m0/s1. The average Bonchev–Trinajstić information content (AvgIpc) is 2.48. The minimum Gasteiger partial charge on any atom is -0.392 e. The van der Waals surface area contributed by atoms with E-state index in [1.165, 1.54) is 51.4 Å². The highest BCUT2D eigenvalue weighted by atomic mass is 16.3. The van der Waals surface area contributed by atoms with E-state index in [1.54, 1.807) is 6.92 Å². The van der Waals surface area contributed by atoms with Gasteiger partial charge in [0.15, 0.2) is 0 Å². The topological polar surface area (TPSA) is 49.3 Å². The highest BCUT2D eigenvalue weighted by Gasteiger charge is 2.24. The lowest BCUT2D eigenvalue weighted by molar-refractivity contribution is -0.120. The van der Waals surface area contributed by atoms with Crippen LogP contribution in [0.2, 0.25) is 0 Å². The summed E-state index contributed by atoms with van der Waals surface area (Å²) in [6.07, 6.45) is 13.4. The van der Waals surface area contributed by atoms with Crippen molar-refractivity contribution in [3.63, 3.8) is 0 Å². The molecule has 22 heavy (non-hydrogen) atoms. The second-order valence-electron chi connectivity index (χ2n) is 7.36. The van der Waals surface area contributed by atoms with Gasteiger partial charge < -0.3 is 10.4 Å². The molecule has 1 aliphatic rings. The van der Waals surface area contributed by atoms with E-state index in [2.05, 4.69) is 12.2 Å². The second kappa shape index (κ2) is 11.2. The van der Waals surface area contributed by atoms with Crippen molar-refractivity contribution in [2.75, 3.05) is 0 Å². The maximum atomic E-state index is 11.1. The van der Waals surface area contributed by atoms with Crippen molar-refractivity contribution in [2.45, 2.75) is 110 Å². The fourth-order valence-corrected chi connectivity index (χ4v) is 3.34. The fourth-order valence-electron chi connectivity index (χ4n) is 3.34. The van der Waals surface area contributed by atoms with Gasteiger partial charge in [-0.2, -0.15) is 0 Å². The molecule has 4 atom stereocenters. The first kappa shape index (κ1) is 19.6. The van der Waals surface area contributed by atoms with Gasteiger partial charge in [0.2, 0.25) is 0 Å². The molecule has 3 nitrogen and oxygen atoms in total. The summed E-state index contributed by atoms with van der Waals surface area (Å²) in [5.41, 5.74) is 0. The van der Waals surface area contributed by atoms with E-state index >= 15 is 0 Å². The Morgan fingerprint density at radius 3 is 2.27 bits per heavy atom. The summed E-state index contributed by atoms with van der Waals surface area (Å²) in [4.78, 5) is 11.1. The van der Waals surface area contributed by atoms with Crippen LogP contribution in [0, 0.1) is 5.92 Å². The first-order valence-corrected chi connectivity index (χ1v) is 9.45. The summed E-state index contributed by atoms with van der Waals surface area (Å²) >= 11 is 0. The molecule has 1 saturated heterocycles. The molecule has 1 fully saturated rings. The molecule has 0 radical (unpaired) electrons. The molecule has 0 saturated carbocycles. The molecule has 3 heteroatoms. The van der Waals surface area contributed by atoms with Gasteiger partial charge in [-0.05, 0) is 39.5 Å².